The van der Waals surface area contributed by atoms with E-state index in [1.165, 1.54) is 18.5 Å². The van der Waals surface area contributed by atoms with Gasteiger partial charge in [0.1, 0.15) is 11.6 Å². The second-order valence-corrected chi connectivity index (χ2v) is 9.05. The lowest BCUT2D eigenvalue weighted by atomic mass is 9.64. The van der Waals surface area contributed by atoms with Crippen molar-refractivity contribution in [2.75, 3.05) is 26.7 Å². The molecule has 5 rings (SSSR count). The third kappa shape index (κ3) is 3.39. The van der Waals surface area contributed by atoms with Crippen LogP contribution in [0.1, 0.15) is 47.8 Å². The SMILES string of the molecule is COc1ccc(C2CC3CN(CCc4c(C)nc5n(c4=O)CCCC5)CC32)cc1. The molecule has 5 nitrogen and oxygen atoms in total. The quantitative estimate of drug-likeness (QED) is 0.783. The molecule has 2 aromatic rings. The molecular weight excluding hydrogens is 362 g/mol. The van der Waals surface area contributed by atoms with Crippen molar-refractivity contribution in [2.24, 2.45) is 11.8 Å². The normalized spacial score (nSPS) is 25.9. The number of nitrogens with zero attached hydrogens (tertiary/aromatic N) is 3. The lowest BCUT2D eigenvalue weighted by Gasteiger charge is -2.40. The van der Waals surface area contributed by atoms with Crippen molar-refractivity contribution in [3.8, 4) is 5.75 Å². The van der Waals surface area contributed by atoms with Gasteiger partial charge in [0.25, 0.3) is 5.56 Å². The van der Waals surface area contributed by atoms with E-state index in [-0.39, 0.29) is 5.56 Å². The molecule has 2 fully saturated rings. The van der Waals surface area contributed by atoms with Gasteiger partial charge in [0.2, 0.25) is 0 Å². The van der Waals surface area contributed by atoms with E-state index in [1.54, 1.807) is 7.11 Å². The molecule has 1 saturated carbocycles. The Kier molecular flexibility index (Phi) is 4.94. The zero-order valence-electron chi connectivity index (χ0n) is 17.6. The Labute approximate surface area is 172 Å². The minimum Gasteiger partial charge on any atom is -0.497 e. The predicted molar refractivity (Wildman–Crippen MR) is 114 cm³/mol. The molecule has 154 valence electrons. The van der Waals surface area contributed by atoms with Gasteiger partial charge in [-0.3, -0.25) is 9.36 Å². The van der Waals surface area contributed by atoms with Crippen LogP contribution < -0.4 is 10.3 Å². The summed E-state index contributed by atoms with van der Waals surface area (Å²) in [5.41, 5.74) is 3.54. The smallest absolute Gasteiger partial charge is 0.256 e. The number of methoxy groups -OCH3 is 1. The van der Waals surface area contributed by atoms with Crippen LogP contribution >= 0.6 is 0 Å². The van der Waals surface area contributed by atoms with Gasteiger partial charge in [0.15, 0.2) is 0 Å². The maximum atomic E-state index is 13.0. The number of ether oxygens (including phenoxy) is 1. The summed E-state index contributed by atoms with van der Waals surface area (Å²) in [4.78, 5) is 20.3. The average Bonchev–Trinajstić information content (AvgIpc) is 3.04. The maximum absolute atomic E-state index is 13.0. The van der Waals surface area contributed by atoms with Crippen LogP contribution in [-0.2, 0) is 19.4 Å². The third-order valence-corrected chi connectivity index (χ3v) is 7.44. The van der Waals surface area contributed by atoms with Crippen LogP contribution in [0.3, 0.4) is 0 Å². The number of hydrogen-bond acceptors (Lipinski definition) is 4. The highest BCUT2D eigenvalue weighted by molar-refractivity contribution is 5.32. The summed E-state index contributed by atoms with van der Waals surface area (Å²) in [7, 11) is 1.72. The van der Waals surface area contributed by atoms with Gasteiger partial charge in [0.05, 0.1) is 7.11 Å². The molecule has 3 unspecified atom stereocenters. The van der Waals surface area contributed by atoms with E-state index in [4.69, 9.17) is 9.72 Å². The molecule has 0 amide bonds. The van der Waals surface area contributed by atoms with Crippen molar-refractivity contribution in [3.05, 3.63) is 57.3 Å². The Morgan fingerprint density at radius 3 is 2.79 bits per heavy atom. The van der Waals surface area contributed by atoms with E-state index in [2.05, 4.69) is 29.2 Å². The van der Waals surface area contributed by atoms with E-state index in [0.29, 0.717) is 5.92 Å². The van der Waals surface area contributed by atoms with Crippen LogP contribution in [0, 0.1) is 18.8 Å². The Hall–Kier alpha value is -2.14. The van der Waals surface area contributed by atoms with Gasteiger partial charge in [-0.2, -0.15) is 0 Å². The number of aromatic nitrogens is 2. The lowest BCUT2D eigenvalue weighted by molar-refractivity contribution is 0.191. The fraction of sp³-hybridized carbons (Fsp3) is 0.583. The molecule has 0 N–H and O–H groups in total. The summed E-state index contributed by atoms with van der Waals surface area (Å²) in [6, 6.07) is 8.61. The zero-order valence-corrected chi connectivity index (χ0v) is 17.6. The molecule has 3 atom stereocenters. The fourth-order valence-corrected chi connectivity index (χ4v) is 5.70. The largest absolute Gasteiger partial charge is 0.497 e. The van der Waals surface area contributed by atoms with Gasteiger partial charge in [-0.1, -0.05) is 12.1 Å². The molecule has 29 heavy (non-hydrogen) atoms. The highest BCUT2D eigenvalue weighted by Gasteiger charge is 2.47. The van der Waals surface area contributed by atoms with Crippen molar-refractivity contribution in [3.63, 3.8) is 0 Å². The van der Waals surface area contributed by atoms with Gasteiger partial charge in [-0.25, -0.2) is 4.98 Å². The number of aryl methyl sites for hydroxylation is 2. The van der Waals surface area contributed by atoms with Crippen LogP contribution in [0.4, 0.5) is 0 Å². The summed E-state index contributed by atoms with van der Waals surface area (Å²) >= 11 is 0. The van der Waals surface area contributed by atoms with Crippen molar-refractivity contribution in [1.82, 2.24) is 14.5 Å². The molecule has 1 aromatic heterocycles. The zero-order chi connectivity index (χ0) is 20.0. The highest BCUT2D eigenvalue weighted by atomic mass is 16.5. The summed E-state index contributed by atoms with van der Waals surface area (Å²) in [5.74, 6) is 4.16. The molecule has 3 aliphatic rings. The first-order valence-electron chi connectivity index (χ1n) is 11.1. The predicted octanol–water partition coefficient (Wildman–Crippen LogP) is 3.17. The highest BCUT2D eigenvalue weighted by Crippen LogP contribution is 2.51. The van der Waals surface area contributed by atoms with Crippen LogP contribution in [-0.4, -0.2) is 41.2 Å². The van der Waals surface area contributed by atoms with Crippen molar-refractivity contribution in [2.45, 2.75) is 51.5 Å². The Morgan fingerprint density at radius 1 is 1.17 bits per heavy atom. The van der Waals surface area contributed by atoms with E-state index < -0.39 is 0 Å². The number of likely N-dealkylation sites (tertiary alicyclic amines) is 1. The first kappa shape index (κ1) is 18.9. The number of hydrogen-bond donors (Lipinski definition) is 0. The number of fused-ring (bicyclic) bond motifs is 2. The van der Waals surface area contributed by atoms with E-state index in [0.717, 1.165) is 80.0 Å². The van der Waals surface area contributed by atoms with Gasteiger partial charge < -0.3 is 9.64 Å². The second kappa shape index (κ2) is 7.60. The minimum atomic E-state index is 0.213. The van der Waals surface area contributed by atoms with Crippen molar-refractivity contribution in [1.29, 1.82) is 0 Å². The molecule has 0 bridgehead atoms. The topological polar surface area (TPSA) is 47.4 Å². The van der Waals surface area contributed by atoms with Crippen LogP contribution in [0.15, 0.2) is 29.1 Å². The van der Waals surface area contributed by atoms with Gasteiger partial charge in [-0.15, -0.1) is 0 Å². The fourth-order valence-electron chi connectivity index (χ4n) is 5.70. The minimum absolute atomic E-state index is 0.213. The van der Waals surface area contributed by atoms with Crippen LogP contribution in [0.5, 0.6) is 5.75 Å². The van der Waals surface area contributed by atoms with Gasteiger partial charge in [0, 0.05) is 43.9 Å². The van der Waals surface area contributed by atoms with Crippen molar-refractivity contribution < 1.29 is 4.74 Å². The monoisotopic (exact) mass is 393 g/mol. The Balaban J connectivity index is 1.23. The number of rotatable bonds is 5. The van der Waals surface area contributed by atoms with Crippen molar-refractivity contribution >= 4 is 0 Å². The standard InChI is InChI=1S/C24H31N3O2/c1-16-20(24(28)27-11-4-3-5-23(27)25-16)10-12-26-14-18-13-21(22(18)15-26)17-6-8-19(29-2)9-7-17/h6-9,18,21-22H,3-5,10-15H2,1-2H3. The lowest BCUT2D eigenvalue weighted by Crippen LogP contribution is -2.34. The number of benzene rings is 1. The average molecular weight is 394 g/mol. The molecule has 1 aromatic carbocycles. The summed E-state index contributed by atoms with van der Waals surface area (Å²) < 4.78 is 7.22. The first-order chi connectivity index (χ1) is 14.1. The third-order valence-electron chi connectivity index (χ3n) is 7.44. The summed E-state index contributed by atoms with van der Waals surface area (Å²) in [6.07, 6.45) is 5.30. The van der Waals surface area contributed by atoms with E-state index >= 15 is 0 Å². The summed E-state index contributed by atoms with van der Waals surface area (Å²) in [5, 5.41) is 0. The summed E-state index contributed by atoms with van der Waals surface area (Å²) in [6.45, 7) is 6.15. The second-order valence-electron chi connectivity index (χ2n) is 9.05. The van der Waals surface area contributed by atoms with Gasteiger partial charge >= 0.3 is 0 Å². The van der Waals surface area contributed by atoms with Crippen LogP contribution in [0.25, 0.3) is 0 Å². The molecule has 1 saturated heterocycles. The van der Waals surface area contributed by atoms with Crippen LogP contribution in [0.2, 0.25) is 0 Å². The van der Waals surface area contributed by atoms with E-state index in [9.17, 15) is 4.79 Å². The molecule has 1 aliphatic carbocycles. The Morgan fingerprint density at radius 2 is 2.00 bits per heavy atom. The molecule has 0 spiro atoms. The molecule has 0 radical (unpaired) electrons. The van der Waals surface area contributed by atoms with Gasteiger partial charge in [-0.05, 0) is 68.1 Å². The maximum Gasteiger partial charge on any atom is 0.256 e. The first-order valence-corrected chi connectivity index (χ1v) is 11.1. The Bertz CT molecular complexity index is 950. The molecule has 3 heterocycles. The molecule has 2 aliphatic heterocycles. The van der Waals surface area contributed by atoms with E-state index in [1.807, 2.05) is 11.5 Å². The molecular formula is C24H31N3O2. The molecule has 5 heteroatoms.